The Morgan fingerprint density at radius 3 is 2.90 bits per heavy atom. The minimum Gasteiger partial charge on any atom is -0.469 e. The van der Waals surface area contributed by atoms with Crippen molar-refractivity contribution < 1.29 is 14.1 Å². The maximum absolute atomic E-state index is 11.9. The van der Waals surface area contributed by atoms with Gasteiger partial charge >= 0.3 is 5.97 Å². The number of halogens is 1. The van der Waals surface area contributed by atoms with E-state index in [0.29, 0.717) is 19.0 Å². The number of aliphatic imine (C=N–C) groups is 1. The molecule has 0 aliphatic carbocycles. The highest BCUT2D eigenvalue weighted by Crippen LogP contribution is 2.24. The molecule has 0 spiro atoms. The van der Waals surface area contributed by atoms with Crippen molar-refractivity contribution in [1.82, 2.24) is 20.4 Å². The van der Waals surface area contributed by atoms with E-state index in [1.807, 2.05) is 24.3 Å². The predicted molar refractivity (Wildman–Crippen MR) is 126 cm³/mol. The Balaban J connectivity index is 0.00000320. The summed E-state index contributed by atoms with van der Waals surface area (Å²) in [6.07, 6.45) is 1.79. The van der Waals surface area contributed by atoms with E-state index in [2.05, 4.69) is 39.2 Å². The molecule has 2 unspecified atom stereocenters. The van der Waals surface area contributed by atoms with Crippen LogP contribution in [0.5, 0.6) is 0 Å². The number of hydrogen-bond donors (Lipinski definition) is 1. The zero-order chi connectivity index (χ0) is 20.8. The lowest BCUT2D eigenvalue weighted by molar-refractivity contribution is -0.145. The maximum Gasteiger partial charge on any atom is 0.310 e. The van der Waals surface area contributed by atoms with Crippen LogP contribution >= 0.6 is 24.0 Å². The average Bonchev–Trinajstić information content (AvgIpc) is 3.35. The largest absolute Gasteiger partial charge is 0.469 e. The molecule has 164 valence electrons. The molecule has 0 bridgehead atoms. The summed E-state index contributed by atoms with van der Waals surface area (Å²) in [5, 5.41) is 7.41. The van der Waals surface area contributed by atoms with Crippen LogP contribution in [0.1, 0.15) is 31.7 Å². The fourth-order valence-corrected chi connectivity index (χ4v) is 3.62. The average molecular weight is 527 g/mol. The monoisotopic (exact) mass is 527 g/mol. The molecule has 8 nitrogen and oxygen atoms in total. The molecule has 1 aliphatic heterocycles. The zero-order valence-corrected chi connectivity index (χ0v) is 20.3. The number of nitrogens with one attached hydrogen (secondary N) is 1. The molecule has 2 heterocycles. The lowest BCUT2D eigenvalue weighted by Crippen LogP contribution is -2.40. The normalized spacial score (nSPS) is 18.8. The molecule has 2 aromatic rings. The lowest BCUT2D eigenvalue weighted by Gasteiger charge is -2.21. The third-order valence-corrected chi connectivity index (χ3v) is 5.19. The summed E-state index contributed by atoms with van der Waals surface area (Å²) in [6, 6.07) is 8.01. The van der Waals surface area contributed by atoms with E-state index in [1.54, 1.807) is 7.05 Å². The van der Waals surface area contributed by atoms with Crippen molar-refractivity contribution >= 4 is 35.9 Å². The molecule has 9 heteroatoms. The molecule has 0 amide bonds. The van der Waals surface area contributed by atoms with E-state index < -0.39 is 0 Å². The van der Waals surface area contributed by atoms with Crippen LogP contribution in [0.3, 0.4) is 0 Å². The highest BCUT2D eigenvalue weighted by atomic mass is 127. The van der Waals surface area contributed by atoms with Gasteiger partial charge in [0.25, 0.3) is 5.89 Å². The lowest BCUT2D eigenvalue weighted by atomic mass is 9.99. The van der Waals surface area contributed by atoms with E-state index in [9.17, 15) is 4.79 Å². The second-order valence-corrected chi connectivity index (χ2v) is 7.38. The molecular weight excluding hydrogens is 497 g/mol. The van der Waals surface area contributed by atoms with E-state index in [1.165, 1.54) is 7.11 Å². The summed E-state index contributed by atoms with van der Waals surface area (Å²) in [5.74, 6) is 1.97. The molecule has 0 radical (unpaired) electrons. The molecule has 1 saturated heterocycles. The van der Waals surface area contributed by atoms with Crippen molar-refractivity contribution in [3.05, 3.63) is 35.7 Å². The van der Waals surface area contributed by atoms with Gasteiger partial charge in [0.15, 0.2) is 11.8 Å². The molecule has 0 saturated carbocycles. The Labute approximate surface area is 194 Å². The summed E-state index contributed by atoms with van der Waals surface area (Å²) in [4.78, 5) is 22.9. The Morgan fingerprint density at radius 2 is 2.20 bits per heavy atom. The summed E-state index contributed by atoms with van der Waals surface area (Å²) in [7, 11) is 3.19. The van der Waals surface area contributed by atoms with Crippen LogP contribution in [0.4, 0.5) is 0 Å². The predicted octanol–water partition coefficient (Wildman–Crippen LogP) is 3.12. The van der Waals surface area contributed by atoms with Crippen LogP contribution in [0.25, 0.3) is 11.5 Å². The van der Waals surface area contributed by atoms with Crippen LogP contribution in [0.2, 0.25) is 0 Å². The molecule has 2 atom stereocenters. The number of esters is 1. The number of hydrogen-bond acceptors (Lipinski definition) is 6. The number of aryl methyl sites for hydroxylation is 1. The molecule has 30 heavy (non-hydrogen) atoms. The molecule has 1 aliphatic rings. The Morgan fingerprint density at radius 1 is 1.40 bits per heavy atom. The standard InChI is InChI=1S/C21H29N5O3.HI/c1-5-7-18-24-19(29-25-18)16-9-6-8-15(10-16)11-23-21(22-3)26-12-14(2)17(13-26)20(27)28-4;/h6,8-10,14,17H,5,7,11-13H2,1-4H3,(H,22,23);1H. The number of ether oxygens (including phenoxy) is 1. The minimum absolute atomic E-state index is 0. The van der Waals surface area contributed by atoms with Gasteiger partial charge in [0.05, 0.1) is 13.0 Å². The maximum atomic E-state index is 11.9. The fourth-order valence-electron chi connectivity index (χ4n) is 3.62. The van der Waals surface area contributed by atoms with E-state index in [-0.39, 0.29) is 41.8 Å². The highest BCUT2D eigenvalue weighted by Gasteiger charge is 2.36. The third-order valence-electron chi connectivity index (χ3n) is 5.19. The van der Waals surface area contributed by atoms with Crippen LogP contribution in [0, 0.1) is 11.8 Å². The molecule has 1 aromatic carbocycles. The van der Waals surface area contributed by atoms with Crippen molar-refractivity contribution in [1.29, 1.82) is 0 Å². The number of guanidine groups is 1. The number of carbonyl (C=O) groups is 1. The Bertz CT molecular complexity index is 870. The number of likely N-dealkylation sites (tertiary alicyclic amines) is 1. The first-order valence-corrected chi connectivity index (χ1v) is 10.0. The zero-order valence-electron chi connectivity index (χ0n) is 17.9. The van der Waals surface area contributed by atoms with Gasteiger partial charge in [-0.2, -0.15) is 4.98 Å². The van der Waals surface area contributed by atoms with Gasteiger partial charge in [-0.3, -0.25) is 9.79 Å². The number of rotatable bonds is 6. The molecule has 1 aromatic heterocycles. The van der Waals surface area contributed by atoms with E-state index >= 15 is 0 Å². The number of benzene rings is 1. The molecule has 1 N–H and O–H groups in total. The number of carbonyl (C=O) groups excluding carboxylic acids is 1. The van der Waals surface area contributed by atoms with Gasteiger partial charge in [-0.15, -0.1) is 24.0 Å². The second kappa shape index (κ2) is 11.3. The quantitative estimate of drug-likeness (QED) is 0.267. The number of aromatic nitrogens is 2. The molecular formula is C21H30IN5O3. The van der Waals surface area contributed by atoms with Gasteiger partial charge in [0, 0.05) is 38.7 Å². The van der Waals surface area contributed by atoms with Crippen LogP contribution in [0.15, 0.2) is 33.8 Å². The van der Waals surface area contributed by atoms with Gasteiger partial charge in [-0.1, -0.05) is 31.1 Å². The molecule has 3 rings (SSSR count). The van der Waals surface area contributed by atoms with Crippen molar-refractivity contribution in [2.24, 2.45) is 16.8 Å². The van der Waals surface area contributed by atoms with Gasteiger partial charge in [0.2, 0.25) is 0 Å². The van der Waals surface area contributed by atoms with Crippen LogP contribution in [-0.2, 0) is 22.5 Å². The van der Waals surface area contributed by atoms with E-state index in [0.717, 1.165) is 42.3 Å². The van der Waals surface area contributed by atoms with Crippen molar-refractivity contribution in [2.75, 3.05) is 27.2 Å². The summed E-state index contributed by atoms with van der Waals surface area (Å²) in [6.45, 7) is 6.13. The van der Waals surface area contributed by atoms with Gasteiger partial charge in [0.1, 0.15) is 0 Å². The van der Waals surface area contributed by atoms with Gasteiger partial charge in [-0.05, 0) is 30.0 Å². The summed E-state index contributed by atoms with van der Waals surface area (Å²) < 4.78 is 10.3. The summed E-state index contributed by atoms with van der Waals surface area (Å²) >= 11 is 0. The van der Waals surface area contributed by atoms with Crippen LogP contribution in [-0.4, -0.2) is 54.2 Å². The van der Waals surface area contributed by atoms with Gasteiger partial charge in [-0.25, -0.2) is 0 Å². The first kappa shape index (κ1) is 24.1. The third kappa shape index (κ3) is 5.71. The minimum atomic E-state index is -0.162. The van der Waals surface area contributed by atoms with Crippen molar-refractivity contribution in [2.45, 2.75) is 33.2 Å². The SMILES string of the molecule is CCCc1noc(-c2cccc(CNC(=NC)N3CC(C)C(C(=O)OC)C3)c2)n1.I. The highest BCUT2D eigenvalue weighted by molar-refractivity contribution is 14.0. The number of nitrogens with zero attached hydrogens (tertiary/aromatic N) is 4. The van der Waals surface area contributed by atoms with E-state index in [4.69, 9.17) is 9.26 Å². The van der Waals surface area contributed by atoms with Crippen molar-refractivity contribution in [3.63, 3.8) is 0 Å². The Hall–Kier alpha value is -2.17. The number of methoxy groups -OCH3 is 1. The topological polar surface area (TPSA) is 92.9 Å². The second-order valence-electron chi connectivity index (χ2n) is 7.38. The van der Waals surface area contributed by atoms with Crippen molar-refractivity contribution in [3.8, 4) is 11.5 Å². The molecule has 1 fully saturated rings. The first-order valence-electron chi connectivity index (χ1n) is 10.0. The fraction of sp³-hybridized carbons (Fsp3) is 0.524. The smallest absolute Gasteiger partial charge is 0.310 e. The summed E-state index contributed by atoms with van der Waals surface area (Å²) in [5.41, 5.74) is 1.98. The van der Waals surface area contributed by atoms with Crippen LogP contribution < -0.4 is 5.32 Å². The first-order chi connectivity index (χ1) is 14.0. The van der Waals surface area contributed by atoms with Gasteiger partial charge < -0.3 is 19.5 Å². The Kier molecular flexibility index (Phi) is 9.07.